The van der Waals surface area contributed by atoms with E-state index >= 15 is 0 Å². The van der Waals surface area contributed by atoms with Crippen LogP contribution in [0.3, 0.4) is 0 Å². The number of allylic oxidation sites excluding steroid dienone is 1. The summed E-state index contributed by atoms with van der Waals surface area (Å²) in [7, 11) is 2.29. The molecule has 2 rings (SSSR count). The second kappa shape index (κ2) is 4.28. The van der Waals surface area contributed by atoms with Crippen LogP contribution in [0.5, 0.6) is 0 Å². The largest absolute Gasteiger partial charge is 0.300 e. The molecule has 0 spiro atoms. The molecule has 1 atom stereocenters. The third kappa shape index (κ3) is 2.34. The maximum atomic E-state index is 2.56. The summed E-state index contributed by atoms with van der Waals surface area (Å²) < 4.78 is 0. The van der Waals surface area contributed by atoms with Gasteiger partial charge in [-0.25, -0.2) is 0 Å². The molecule has 1 nitrogen and oxygen atoms in total. The third-order valence-electron chi connectivity index (χ3n) is 3.57. The van der Waals surface area contributed by atoms with E-state index < -0.39 is 0 Å². The fourth-order valence-electron chi connectivity index (χ4n) is 2.38. The van der Waals surface area contributed by atoms with Gasteiger partial charge in [0.15, 0.2) is 0 Å². The topological polar surface area (TPSA) is 3.24 Å². The summed E-state index contributed by atoms with van der Waals surface area (Å²) in [4.78, 5) is 2.56. The summed E-state index contributed by atoms with van der Waals surface area (Å²) in [5.74, 6) is 1.01. The molecule has 0 amide bonds. The first-order valence-corrected chi connectivity index (χ1v) is 5.73. The van der Waals surface area contributed by atoms with Gasteiger partial charge < -0.3 is 0 Å². The standard InChI is InChI=1S/C12H21N/c1-13(10-11-6-5-7-11)12-8-3-2-4-9-12/h3,8,11-12H,2,4-7,9-10H2,1H3. The molecule has 2 aliphatic rings. The van der Waals surface area contributed by atoms with E-state index in [1.54, 1.807) is 0 Å². The lowest BCUT2D eigenvalue weighted by atomic mass is 9.84. The van der Waals surface area contributed by atoms with Crippen LogP contribution in [0.1, 0.15) is 38.5 Å². The molecule has 0 aromatic carbocycles. The molecule has 0 bridgehead atoms. The Morgan fingerprint density at radius 1 is 1.23 bits per heavy atom. The lowest BCUT2D eigenvalue weighted by molar-refractivity contribution is 0.173. The van der Waals surface area contributed by atoms with Crippen LogP contribution < -0.4 is 0 Å². The van der Waals surface area contributed by atoms with Crippen LogP contribution in [0.15, 0.2) is 12.2 Å². The lowest BCUT2D eigenvalue weighted by Gasteiger charge is -2.34. The maximum Gasteiger partial charge on any atom is 0.0275 e. The Balaban J connectivity index is 1.77. The van der Waals surface area contributed by atoms with Gasteiger partial charge in [0, 0.05) is 12.6 Å². The van der Waals surface area contributed by atoms with Crippen LogP contribution in [0.4, 0.5) is 0 Å². The van der Waals surface area contributed by atoms with Gasteiger partial charge in [-0.05, 0) is 45.1 Å². The molecular weight excluding hydrogens is 158 g/mol. The summed E-state index contributed by atoms with van der Waals surface area (Å²) in [6.07, 6.45) is 13.2. The molecule has 2 aliphatic carbocycles. The molecule has 1 fully saturated rings. The van der Waals surface area contributed by atoms with Crippen LogP contribution in [0.2, 0.25) is 0 Å². The van der Waals surface area contributed by atoms with E-state index in [0.29, 0.717) is 0 Å². The highest BCUT2D eigenvalue weighted by atomic mass is 15.1. The Morgan fingerprint density at radius 3 is 2.62 bits per heavy atom. The third-order valence-corrected chi connectivity index (χ3v) is 3.57. The van der Waals surface area contributed by atoms with Crippen molar-refractivity contribution < 1.29 is 0 Å². The zero-order chi connectivity index (χ0) is 9.10. The van der Waals surface area contributed by atoms with Crippen molar-refractivity contribution in [2.24, 2.45) is 5.92 Å². The minimum atomic E-state index is 0.745. The van der Waals surface area contributed by atoms with Gasteiger partial charge in [-0.1, -0.05) is 18.6 Å². The molecule has 1 heteroatoms. The number of likely N-dealkylation sites (N-methyl/N-ethyl adjacent to an activating group) is 1. The SMILES string of the molecule is CN(CC1CCC1)C1C=CCCC1. The highest BCUT2D eigenvalue weighted by Crippen LogP contribution is 2.28. The number of hydrogen-bond donors (Lipinski definition) is 0. The molecule has 1 saturated carbocycles. The summed E-state index contributed by atoms with van der Waals surface area (Å²) in [6.45, 7) is 1.33. The summed E-state index contributed by atoms with van der Waals surface area (Å²) in [6, 6.07) is 0.745. The molecule has 74 valence electrons. The van der Waals surface area contributed by atoms with E-state index in [1.165, 1.54) is 45.1 Å². The molecule has 0 aliphatic heterocycles. The molecule has 0 aromatic heterocycles. The predicted octanol–water partition coefficient (Wildman–Crippen LogP) is 2.83. The number of rotatable bonds is 3. The van der Waals surface area contributed by atoms with E-state index in [1.807, 2.05) is 0 Å². The van der Waals surface area contributed by atoms with Crippen molar-refractivity contribution in [3.63, 3.8) is 0 Å². The average Bonchev–Trinajstić information content (AvgIpc) is 2.12. The minimum absolute atomic E-state index is 0.745. The zero-order valence-electron chi connectivity index (χ0n) is 8.71. The quantitative estimate of drug-likeness (QED) is 0.602. The molecule has 0 saturated heterocycles. The van der Waals surface area contributed by atoms with Crippen molar-refractivity contribution in [3.05, 3.63) is 12.2 Å². The number of hydrogen-bond acceptors (Lipinski definition) is 1. The molecule has 0 aromatic rings. The average molecular weight is 179 g/mol. The highest BCUT2D eigenvalue weighted by Gasteiger charge is 2.22. The van der Waals surface area contributed by atoms with Crippen molar-refractivity contribution in [1.29, 1.82) is 0 Å². The Hall–Kier alpha value is -0.300. The highest BCUT2D eigenvalue weighted by molar-refractivity contribution is 4.98. The van der Waals surface area contributed by atoms with Gasteiger partial charge in [0.2, 0.25) is 0 Å². The van der Waals surface area contributed by atoms with E-state index in [9.17, 15) is 0 Å². The molecule has 13 heavy (non-hydrogen) atoms. The van der Waals surface area contributed by atoms with Crippen LogP contribution in [-0.2, 0) is 0 Å². The Kier molecular flexibility index (Phi) is 3.05. The lowest BCUT2D eigenvalue weighted by Crippen LogP contribution is -2.37. The van der Waals surface area contributed by atoms with E-state index in [4.69, 9.17) is 0 Å². The Bertz CT molecular complexity index is 182. The first-order chi connectivity index (χ1) is 6.36. The second-order valence-electron chi connectivity index (χ2n) is 4.66. The van der Waals surface area contributed by atoms with Crippen molar-refractivity contribution in [2.75, 3.05) is 13.6 Å². The van der Waals surface area contributed by atoms with Gasteiger partial charge in [-0.2, -0.15) is 0 Å². The van der Waals surface area contributed by atoms with Gasteiger partial charge in [0.25, 0.3) is 0 Å². The van der Waals surface area contributed by atoms with E-state index in [-0.39, 0.29) is 0 Å². The molecule has 0 radical (unpaired) electrons. The molecule has 0 N–H and O–H groups in total. The second-order valence-corrected chi connectivity index (χ2v) is 4.66. The van der Waals surface area contributed by atoms with Crippen molar-refractivity contribution in [2.45, 2.75) is 44.6 Å². The Morgan fingerprint density at radius 2 is 2.08 bits per heavy atom. The zero-order valence-corrected chi connectivity index (χ0v) is 8.71. The summed E-state index contributed by atoms with van der Waals surface area (Å²) >= 11 is 0. The predicted molar refractivity (Wildman–Crippen MR) is 56.8 cm³/mol. The van der Waals surface area contributed by atoms with Crippen LogP contribution in [0.25, 0.3) is 0 Å². The van der Waals surface area contributed by atoms with Gasteiger partial charge >= 0.3 is 0 Å². The van der Waals surface area contributed by atoms with Crippen molar-refractivity contribution in [1.82, 2.24) is 4.90 Å². The normalized spacial score (nSPS) is 29.2. The van der Waals surface area contributed by atoms with Gasteiger partial charge in [0.1, 0.15) is 0 Å². The fourth-order valence-corrected chi connectivity index (χ4v) is 2.38. The van der Waals surface area contributed by atoms with Crippen molar-refractivity contribution in [3.8, 4) is 0 Å². The van der Waals surface area contributed by atoms with Crippen LogP contribution in [0, 0.1) is 5.92 Å². The van der Waals surface area contributed by atoms with Crippen molar-refractivity contribution >= 4 is 0 Å². The van der Waals surface area contributed by atoms with Crippen LogP contribution in [-0.4, -0.2) is 24.5 Å². The van der Waals surface area contributed by atoms with Crippen LogP contribution >= 0.6 is 0 Å². The van der Waals surface area contributed by atoms with Gasteiger partial charge in [-0.3, -0.25) is 4.90 Å². The van der Waals surface area contributed by atoms with E-state index in [0.717, 1.165) is 12.0 Å². The van der Waals surface area contributed by atoms with Gasteiger partial charge in [-0.15, -0.1) is 0 Å². The van der Waals surface area contributed by atoms with E-state index in [2.05, 4.69) is 24.1 Å². The summed E-state index contributed by atoms with van der Waals surface area (Å²) in [5.41, 5.74) is 0. The smallest absolute Gasteiger partial charge is 0.0275 e. The fraction of sp³-hybridized carbons (Fsp3) is 0.833. The van der Waals surface area contributed by atoms with Gasteiger partial charge in [0.05, 0.1) is 0 Å². The Labute approximate surface area is 81.8 Å². The minimum Gasteiger partial charge on any atom is -0.300 e. The maximum absolute atomic E-state index is 2.56. The first-order valence-electron chi connectivity index (χ1n) is 5.73. The number of nitrogens with zero attached hydrogens (tertiary/aromatic N) is 1. The molecule has 1 unspecified atom stereocenters. The molecular formula is C12H21N. The summed E-state index contributed by atoms with van der Waals surface area (Å²) in [5, 5.41) is 0. The monoisotopic (exact) mass is 179 g/mol. The molecule has 0 heterocycles. The first kappa shape index (κ1) is 9.26.